The summed E-state index contributed by atoms with van der Waals surface area (Å²) in [6, 6.07) is 0. The van der Waals surface area contributed by atoms with E-state index in [1.165, 1.54) is 0 Å². The van der Waals surface area contributed by atoms with Crippen molar-refractivity contribution in [2.24, 2.45) is 16.7 Å². The first-order valence-electron chi connectivity index (χ1n) is 7.03. The summed E-state index contributed by atoms with van der Waals surface area (Å²) in [5.41, 5.74) is -0.846. The largest absolute Gasteiger partial charge is 0.339 e. The third-order valence-electron chi connectivity index (χ3n) is 5.67. The standard InChI is InChI=1S/C14H22N2O2/c1-13(2)10-3-4-14(13,11(17)9-10)12(18)16-7-5-15-6-8-16/h10,15H,3-9H2,1-2H3. The summed E-state index contributed by atoms with van der Waals surface area (Å²) in [4.78, 5) is 27.2. The number of hydrogen-bond acceptors (Lipinski definition) is 3. The van der Waals surface area contributed by atoms with Crippen LogP contribution in [0.5, 0.6) is 0 Å². The lowest BCUT2D eigenvalue weighted by Gasteiger charge is -2.40. The number of rotatable bonds is 1. The van der Waals surface area contributed by atoms with E-state index in [1.807, 2.05) is 4.90 Å². The van der Waals surface area contributed by atoms with Crippen molar-refractivity contribution < 1.29 is 9.59 Å². The normalized spacial score (nSPS) is 38.2. The first kappa shape index (κ1) is 12.2. The first-order chi connectivity index (χ1) is 8.50. The van der Waals surface area contributed by atoms with E-state index in [-0.39, 0.29) is 17.1 Å². The molecule has 1 aliphatic heterocycles. The van der Waals surface area contributed by atoms with Crippen molar-refractivity contribution in [1.82, 2.24) is 10.2 Å². The number of amides is 1. The number of piperazine rings is 1. The van der Waals surface area contributed by atoms with Gasteiger partial charge in [-0.3, -0.25) is 9.59 Å². The smallest absolute Gasteiger partial charge is 0.236 e. The molecule has 4 nitrogen and oxygen atoms in total. The third kappa shape index (κ3) is 1.30. The van der Waals surface area contributed by atoms with Crippen LogP contribution in [0.3, 0.4) is 0 Å². The molecule has 0 aromatic heterocycles. The number of carbonyl (C=O) groups excluding carboxylic acids is 2. The minimum Gasteiger partial charge on any atom is -0.339 e. The molecule has 0 spiro atoms. The van der Waals surface area contributed by atoms with Crippen molar-refractivity contribution in [1.29, 1.82) is 0 Å². The average molecular weight is 250 g/mol. The molecule has 3 aliphatic rings. The Bertz CT molecular complexity index is 399. The van der Waals surface area contributed by atoms with E-state index in [2.05, 4.69) is 19.2 Å². The Labute approximate surface area is 108 Å². The minimum atomic E-state index is -0.699. The average Bonchev–Trinajstić information content (AvgIpc) is 2.73. The number of ketones is 1. The molecule has 18 heavy (non-hydrogen) atoms. The van der Waals surface area contributed by atoms with Gasteiger partial charge in [0.15, 0.2) is 0 Å². The van der Waals surface area contributed by atoms with Gasteiger partial charge in [0, 0.05) is 32.6 Å². The maximum atomic E-state index is 12.9. The number of carbonyl (C=O) groups is 2. The van der Waals surface area contributed by atoms with E-state index in [1.54, 1.807) is 0 Å². The summed E-state index contributed by atoms with van der Waals surface area (Å²) < 4.78 is 0. The van der Waals surface area contributed by atoms with E-state index >= 15 is 0 Å². The van der Waals surface area contributed by atoms with Crippen LogP contribution in [0.15, 0.2) is 0 Å². The Kier molecular flexibility index (Phi) is 2.56. The van der Waals surface area contributed by atoms with Crippen LogP contribution < -0.4 is 5.32 Å². The van der Waals surface area contributed by atoms with Gasteiger partial charge in [-0.1, -0.05) is 13.8 Å². The Morgan fingerprint density at radius 3 is 2.50 bits per heavy atom. The van der Waals surface area contributed by atoms with Crippen LogP contribution >= 0.6 is 0 Å². The van der Waals surface area contributed by atoms with Gasteiger partial charge in [-0.15, -0.1) is 0 Å². The molecule has 100 valence electrons. The van der Waals surface area contributed by atoms with Gasteiger partial charge in [0.2, 0.25) is 5.91 Å². The second-order valence-electron chi connectivity index (χ2n) is 6.53. The number of nitrogens with one attached hydrogen (secondary N) is 1. The van der Waals surface area contributed by atoms with Crippen LogP contribution in [-0.4, -0.2) is 42.8 Å². The molecule has 2 atom stereocenters. The molecule has 2 bridgehead atoms. The van der Waals surface area contributed by atoms with Crippen molar-refractivity contribution in [3.8, 4) is 0 Å². The fourth-order valence-electron chi connectivity index (χ4n) is 4.32. The maximum Gasteiger partial charge on any atom is 0.236 e. The van der Waals surface area contributed by atoms with Crippen LogP contribution in [0.1, 0.15) is 33.1 Å². The lowest BCUT2D eigenvalue weighted by atomic mass is 9.68. The predicted octanol–water partition coefficient (Wildman–Crippen LogP) is 0.814. The van der Waals surface area contributed by atoms with Crippen molar-refractivity contribution in [2.75, 3.05) is 26.2 Å². The molecule has 2 aliphatic carbocycles. The molecule has 1 saturated heterocycles. The van der Waals surface area contributed by atoms with Gasteiger partial charge in [-0.2, -0.15) is 0 Å². The second-order valence-corrected chi connectivity index (χ2v) is 6.53. The zero-order valence-electron chi connectivity index (χ0n) is 11.3. The van der Waals surface area contributed by atoms with Gasteiger partial charge < -0.3 is 10.2 Å². The van der Waals surface area contributed by atoms with Gasteiger partial charge in [-0.25, -0.2) is 0 Å². The fraction of sp³-hybridized carbons (Fsp3) is 0.857. The molecule has 0 aromatic carbocycles. The number of hydrogen-bond donors (Lipinski definition) is 1. The summed E-state index contributed by atoms with van der Waals surface area (Å²) >= 11 is 0. The van der Waals surface area contributed by atoms with Crippen LogP contribution in [0.4, 0.5) is 0 Å². The second kappa shape index (κ2) is 3.80. The summed E-state index contributed by atoms with van der Waals surface area (Å²) in [6.45, 7) is 7.42. The van der Waals surface area contributed by atoms with E-state index in [0.29, 0.717) is 12.3 Å². The van der Waals surface area contributed by atoms with Gasteiger partial charge in [0.1, 0.15) is 11.2 Å². The monoisotopic (exact) mass is 250 g/mol. The third-order valence-corrected chi connectivity index (χ3v) is 5.67. The van der Waals surface area contributed by atoms with Crippen molar-refractivity contribution in [3.63, 3.8) is 0 Å². The first-order valence-corrected chi connectivity index (χ1v) is 7.03. The van der Waals surface area contributed by atoms with Gasteiger partial charge in [0.25, 0.3) is 0 Å². The topological polar surface area (TPSA) is 49.4 Å². The summed E-state index contributed by atoms with van der Waals surface area (Å²) in [6.07, 6.45) is 2.42. The zero-order valence-corrected chi connectivity index (χ0v) is 11.3. The molecule has 4 heteroatoms. The molecule has 3 fully saturated rings. The highest BCUT2D eigenvalue weighted by molar-refractivity contribution is 6.09. The molecule has 1 amide bonds. The van der Waals surface area contributed by atoms with Crippen LogP contribution in [-0.2, 0) is 9.59 Å². The Morgan fingerprint density at radius 2 is 2.00 bits per heavy atom. The number of nitrogens with zero attached hydrogens (tertiary/aromatic N) is 1. The molecule has 1 N–H and O–H groups in total. The summed E-state index contributed by atoms with van der Waals surface area (Å²) in [7, 11) is 0. The molecule has 0 aromatic rings. The van der Waals surface area contributed by atoms with Gasteiger partial charge >= 0.3 is 0 Å². The van der Waals surface area contributed by atoms with Gasteiger partial charge in [0.05, 0.1) is 0 Å². The van der Waals surface area contributed by atoms with Crippen LogP contribution in [0.25, 0.3) is 0 Å². The van der Waals surface area contributed by atoms with E-state index in [9.17, 15) is 9.59 Å². The van der Waals surface area contributed by atoms with Gasteiger partial charge in [-0.05, 0) is 24.2 Å². The lowest BCUT2D eigenvalue weighted by molar-refractivity contribution is -0.153. The minimum absolute atomic E-state index is 0.110. The molecular formula is C14H22N2O2. The van der Waals surface area contributed by atoms with Crippen molar-refractivity contribution >= 4 is 11.7 Å². The number of fused-ring (bicyclic) bond motifs is 2. The maximum absolute atomic E-state index is 12.9. The molecule has 3 rings (SSSR count). The molecule has 0 radical (unpaired) electrons. The zero-order chi connectivity index (χ0) is 13.0. The van der Waals surface area contributed by atoms with Crippen molar-refractivity contribution in [2.45, 2.75) is 33.1 Å². The van der Waals surface area contributed by atoms with E-state index < -0.39 is 5.41 Å². The molecule has 2 saturated carbocycles. The van der Waals surface area contributed by atoms with Crippen LogP contribution in [0.2, 0.25) is 0 Å². The number of Topliss-reactive ketones (excluding diaryl/α,β-unsaturated/α-hetero) is 1. The molecule has 1 heterocycles. The SMILES string of the molecule is CC1(C)C2CCC1(C(=O)N1CCNCC1)C(=O)C2. The Morgan fingerprint density at radius 1 is 1.33 bits per heavy atom. The summed E-state index contributed by atoms with van der Waals surface area (Å²) in [5, 5.41) is 3.25. The predicted molar refractivity (Wildman–Crippen MR) is 68.0 cm³/mol. The fourth-order valence-corrected chi connectivity index (χ4v) is 4.32. The lowest BCUT2D eigenvalue weighted by Crippen LogP contribution is -2.56. The molecular weight excluding hydrogens is 228 g/mol. The quantitative estimate of drug-likeness (QED) is 0.701. The molecule has 2 unspecified atom stereocenters. The highest BCUT2D eigenvalue weighted by Crippen LogP contribution is 2.64. The van der Waals surface area contributed by atoms with E-state index in [0.717, 1.165) is 39.0 Å². The highest BCUT2D eigenvalue weighted by atomic mass is 16.2. The highest BCUT2D eigenvalue weighted by Gasteiger charge is 2.68. The van der Waals surface area contributed by atoms with E-state index in [4.69, 9.17) is 0 Å². The Balaban J connectivity index is 1.93. The summed E-state index contributed by atoms with van der Waals surface area (Å²) in [5.74, 6) is 0.725. The Hall–Kier alpha value is -0.900. The van der Waals surface area contributed by atoms with Crippen LogP contribution in [0, 0.1) is 16.7 Å². The van der Waals surface area contributed by atoms with Crippen molar-refractivity contribution in [3.05, 3.63) is 0 Å².